The number of hydrogen-bond donors (Lipinski definition) is 0. The number of hydrogen-bond acceptors (Lipinski definition) is 0. The van der Waals surface area contributed by atoms with Crippen molar-refractivity contribution in [2.24, 2.45) is 5.41 Å². The summed E-state index contributed by atoms with van der Waals surface area (Å²) in [7, 11) is 0. The Morgan fingerprint density at radius 2 is 2.14 bits per heavy atom. The molecule has 0 aliphatic carbocycles. The Labute approximate surface area is 50.7 Å². The van der Waals surface area contributed by atoms with Crippen molar-refractivity contribution in [1.29, 1.82) is 0 Å². The first kappa shape index (κ1) is 6.91. The molecule has 0 N–H and O–H groups in total. The Bertz CT molecular complexity index is 86.8. The molecule has 0 nitrogen and oxygen atoms in total. The molecule has 0 aliphatic heterocycles. The van der Waals surface area contributed by atoms with Crippen molar-refractivity contribution in [3.05, 3.63) is 0 Å². The van der Waals surface area contributed by atoms with E-state index < -0.39 is 0 Å². The van der Waals surface area contributed by atoms with Crippen LogP contribution in [0.5, 0.6) is 0 Å². The van der Waals surface area contributed by atoms with Crippen LogP contribution in [0, 0.1) is 17.8 Å². The molecular weight excluding hydrogens is 104 g/mol. The zero-order valence-electron chi connectivity index (χ0n) is 4.69. The maximum absolute atomic E-state index is 5.10. The zero-order chi connectivity index (χ0) is 5.91. The molecule has 0 aromatic heterocycles. The SMILES string of the molecule is C#CC(C)(C)C[S]. The van der Waals surface area contributed by atoms with Gasteiger partial charge in [0.1, 0.15) is 0 Å². The fourth-order valence-electron chi connectivity index (χ4n) is 0.0417. The van der Waals surface area contributed by atoms with Crippen molar-refractivity contribution in [3.63, 3.8) is 0 Å². The Kier molecular flexibility index (Phi) is 2.25. The minimum atomic E-state index is -0.0741. The summed E-state index contributed by atoms with van der Waals surface area (Å²) in [6, 6.07) is 0. The first-order valence-electron chi connectivity index (χ1n) is 2.18. The molecule has 0 heterocycles. The van der Waals surface area contributed by atoms with E-state index in [0.717, 1.165) is 0 Å². The third-order valence-corrected chi connectivity index (χ3v) is 1.47. The third-order valence-electron chi connectivity index (χ3n) is 0.752. The molecule has 1 heteroatoms. The van der Waals surface area contributed by atoms with E-state index in [-0.39, 0.29) is 5.41 Å². The molecule has 0 atom stereocenters. The Hall–Kier alpha value is -0.0900. The predicted molar refractivity (Wildman–Crippen MR) is 35.1 cm³/mol. The molecule has 0 aromatic carbocycles. The van der Waals surface area contributed by atoms with E-state index in [9.17, 15) is 0 Å². The molecule has 0 rings (SSSR count). The van der Waals surface area contributed by atoms with E-state index in [4.69, 9.17) is 19.1 Å². The molecule has 1 radical (unpaired) electrons. The lowest BCUT2D eigenvalue weighted by molar-refractivity contribution is 0.586. The minimum Gasteiger partial charge on any atom is -0.120 e. The van der Waals surface area contributed by atoms with Gasteiger partial charge in [-0.25, -0.2) is 0 Å². The maximum atomic E-state index is 5.10. The third kappa shape index (κ3) is 2.59. The van der Waals surface area contributed by atoms with E-state index in [1.807, 2.05) is 13.8 Å². The highest BCUT2D eigenvalue weighted by molar-refractivity contribution is 7.80. The highest BCUT2D eigenvalue weighted by atomic mass is 32.1. The summed E-state index contributed by atoms with van der Waals surface area (Å²) >= 11 is 4.74. The van der Waals surface area contributed by atoms with Crippen LogP contribution in [0.4, 0.5) is 0 Å². The van der Waals surface area contributed by atoms with E-state index in [0.29, 0.717) is 5.75 Å². The van der Waals surface area contributed by atoms with Crippen LogP contribution < -0.4 is 0 Å². The van der Waals surface area contributed by atoms with Gasteiger partial charge in [-0.15, -0.1) is 6.42 Å². The molecule has 0 fully saturated rings. The lowest BCUT2D eigenvalue weighted by Gasteiger charge is -2.10. The van der Waals surface area contributed by atoms with Crippen molar-refractivity contribution >= 4 is 12.6 Å². The lowest BCUT2D eigenvalue weighted by atomic mass is 9.98. The van der Waals surface area contributed by atoms with Crippen LogP contribution in [-0.4, -0.2) is 5.75 Å². The van der Waals surface area contributed by atoms with Gasteiger partial charge in [-0.3, -0.25) is 0 Å². The van der Waals surface area contributed by atoms with Gasteiger partial charge in [0.15, 0.2) is 0 Å². The van der Waals surface area contributed by atoms with Crippen molar-refractivity contribution in [3.8, 4) is 12.3 Å². The average Bonchev–Trinajstić information content (AvgIpc) is 1.68. The van der Waals surface area contributed by atoms with Gasteiger partial charge >= 0.3 is 0 Å². The van der Waals surface area contributed by atoms with Crippen LogP contribution in [0.1, 0.15) is 13.8 Å². The zero-order valence-corrected chi connectivity index (χ0v) is 5.51. The van der Waals surface area contributed by atoms with Crippen LogP contribution >= 0.6 is 12.6 Å². The van der Waals surface area contributed by atoms with Gasteiger partial charge < -0.3 is 0 Å². The van der Waals surface area contributed by atoms with Gasteiger partial charge in [0.05, 0.1) is 0 Å². The van der Waals surface area contributed by atoms with Crippen molar-refractivity contribution in [1.82, 2.24) is 0 Å². The molecule has 0 saturated heterocycles. The van der Waals surface area contributed by atoms with Crippen LogP contribution in [0.3, 0.4) is 0 Å². The summed E-state index contributed by atoms with van der Waals surface area (Å²) in [5.41, 5.74) is -0.0741. The van der Waals surface area contributed by atoms with Gasteiger partial charge in [0.2, 0.25) is 0 Å². The van der Waals surface area contributed by atoms with E-state index >= 15 is 0 Å². The fraction of sp³-hybridized carbons (Fsp3) is 0.667. The fourth-order valence-corrected chi connectivity index (χ4v) is 0.125. The molecular formula is C6H9S. The average molecular weight is 113 g/mol. The smallest absolute Gasteiger partial charge is 0.0354 e. The summed E-state index contributed by atoms with van der Waals surface area (Å²) in [4.78, 5) is 0. The van der Waals surface area contributed by atoms with Gasteiger partial charge in [-0.05, 0) is 13.8 Å². The van der Waals surface area contributed by atoms with Gasteiger partial charge in [-0.2, -0.15) is 0 Å². The first-order chi connectivity index (χ1) is 3.12. The predicted octanol–water partition coefficient (Wildman–Crippen LogP) is 1.84. The summed E-state index contributed by atoms with van der Waals surface area (Å²) in [5, 5.41) is 0. The molecule has 0 unspecified atom stereocenters. The summed E-state index contributed by atoms with van der Waals surface area (Å²) in [6.45, 7) is 3.92. The Morgan fingerprint density at radius 3 is 2.14 bits per heavy atom. The molecule has 7 heavy (non-hydrogen) atoms. The van der Waals surface area contributed by atoms with Gasteiger partial charge in [-0.1, -0.05) is 18.5 Å². The van der Waals surface area contributed by atoms with Crippen molar-refractivity contribution in [2.75, 3.05) is 5.75 Å². The monoisotopic (exact) mass is 113 g/mol. The quantitative estimate of drug-likeness (QED) is 0.455. The maximum Gasteiger partial charge on any atom is 0.0354 e. The molecule has 0 bridgehead atoms. The molecule has 0 aliphatic rings. The van der Waals surface area contributed by atoms with Crippen LogP contribution in [0.2, 0.25) is 0 Å². The molecule has 0 aromatic rings. The standard InChI is InChI=1S/C6H9S/c1-4-6(2,3)5-7/h1H,5H2,2-3H3. The van der Waals surface area contributed by atoms with Crippen molar-refractivity contribution < 1.29 is 0 Å². The molecule has 0 spiro atoms. The van der Waals surface area contributed by atoms with Crippen LogP contribution in [-0.2, 0) is 0 Å². The normalized spacial score (nSPS) is 10.6. The molecule has 0 saturated carbocycles. The lowest BCUT2D eigenvalue weighted by Crippen LogP contribution is -2.08. The van der Waals surface area contributed by atoms with Crippen LogP contribution in [0.25, 0.3) is 0 Å². The highest BCUT2D eigenvalue weighted by Crippen LogP contribution is 2.13. The van der Waals surface area contributed by atoms with E-state index in [1.54, 1.807) is 0 Å². The Morgan fingerprint density at radius 1 is 1.71 bits per heavy atom. The summed E-state index contributed by atoms with van der Waals surface area (Å²) in [6.07, 6.45) is 5.10. The number of terminal acetylenes is 1. The summed E-state index contributed by atoms with van der Waals surface area (Å²) < 4.78 is 0. The second-order valence-corrected chi connectivity index (χ2v) is 2.46. The van der Waals surface area contributed by atoms with E-state index in [2.05, 4.69) is 5.92 Å². The van der Waals surface area contributed by atoms with Crippen molar-refractivity contribution in [2.45, 2.75) is 13.8 Å². The van der Waals surface area contributed by atoms with Gasteiger partial charge in [0.25, 0.3) is 0 Å². The minimum absolute atomic E-state index is 0.0741. The topological polar surface area (TPSA) is 0 Å². The van der Waals surface area contributed by atoms with Gasteiger partial charge in [0, 0.05) is 11.2 Å². The first-order valence-corrected chi connectivity index (χ1v) is 2.76. The highest BCUT2D eigenvalue weighted by Gasteiger charge is 2.09. The van der Waals surface area contributed by atoms with Crippen LogP contribution in [0.15, 0.2) is 0 Å². The molecule has 0 amide bonds. The number of rotatable bonds is 1. The largest absolute Gasteiger partial charge is 0.120 e. The molecule has 39 valence electrons. The Balaban J connectivity index is 3.66. The second-order valence-electron chi connectivity index (χ2n) is 2.17. The van der Waals surface area contributed by atoms with E-state index in [1.165, 1.54) is 0 Å². The second kappa shape index (κ2) is 2.28. The summed E-state index contributed by atoms with van der Waals surface area (Å²) in [5.74, 6) is 3.23.